The van der Waals surface area contributed by atoms with Crippen molar-refractivity contribution in [2.24, 2.45) is 16.9 Å². The van der Waals surface area contributed by atoms with Gasteiger partial charge in [-0.2, -0.15) is 18.3 Å². The highest BCUT2D eigenvalue weighted by molar-refractivity contribution is 6.01. The number of benzene rings is 1. The van der Waals surface area contributed by atoms with Gasteiger partial charge in [0.15, 0.2) is 11.5 Å². The van der Waals surface area contributed by atoms with E-state index in [0.29, 0.717) is 0 Å². The number of carbonyl (C=O) groups is 3. The molecule has 1 aromatic carbocycles. The molecule has 38 heavy (non-hydrogen) atoms. The lowest BCUT2D eigenvalue weighted by atomic mass is 9.75. The second kappa shape index (κ2) is 8.82. The van der Waals surface area contributed by atoms with Crippen LogP contribution in [0.15, 0.2) is 18.2 Å². The van der Waals surface area contributed by atoms with Crippen LogP contribution in [0.5, 0.6) is 0 Å². The maximum Gasteiger partial charge on any atom is 0.435 e. The standard InChI is InChI=1S/C26H30F3N5O4/c1-24(2)10-17-20(18(35)11-24)21(26(27,28)29)33-34(17)13-7-8-15(22(30)36)16(9-13)32-19-12-25(19,31)23(37)38-14-5-3-4-6-14/h7-9,14,19,32H,3-6,10-12,31H2,1-2H3,(H2,30,36). The van der Waals surface area contributed by atoms with Gasteiger partial charge in [0.2, 0.25) is 0 Å². The highest BCUT2D eigenvalue weighted by Gasteiger charge is 2.59. The molecule has 2 atom stereocenters. The van der Waals surface area contributed by atoms with Crippen molar-refractivity contribution < 1.29 is 32.3 Å². The van der Waals surface area contributed by atoms with Gasteiger partial charge in [-0.05, 0) is 55.7 Å². The van der Waals surface area contributed by atoms with Crippen molar-refractivity contribution in [3.8, 4) is 5.69 Å². The fourth-order valence-electron chi connectivity index (χ4n) is 5.50. The monoisotopic (exact) mass is 533 g/mol. The van der Waals surface area contributed by atoms with Crippen LogP contribution in [0.2, 0.25) is 0 Å². The first-order chi connectivity index (χ1) is 17.7. The zero-order valence-corrected chi connectivity index (χ0v) is 21.2. The van der Waals surface area contributed by atoms with E-state index in [4.69, 9.17) is 16.2 Å². The van der Waals surface area contributed by atoms with Gasteiger partial charge in [-0.3, -0.25) is 9.59 Å². The summed E-state index contributed by atoms with van der Waals surface area (Å²) in [6.45, 7) is 3.61. The molecule has 3 aliphatic rings. The summed E-state index contributed by atoms with van der Waals surface area (Å²) in [5.74, 6) is -1.92. The number of nitrogens with two attached hydrogens (primary N) is 2. The van der Waals surface area contributed by atoms with Crippen molar-refractivity contribution in [1.29, 1.82) is 0 Å². The maximum absolute atomic E-state index is 13.8. The van der Waals surface area contributed by atoms with E-state index in [1.165, 1.54) is 18.2 Å². The van der Waals surface area contributed by atoms with E-state index in [2.05, 4.69) is 10.4 Å². The average Bonchev–Trinajstić information content (AvgIpc) is 3.15. The summed E-state index contributed by atoms with van der Waals surface area (Å²) in [5.41, 5.74) is 8.93. The fourth-order valence-corrected chi connectivity index (χ4v) is 5.50. The maximum atomic E-state index is 13.8. The molecular formula is C26H30F3N5O4. The van der Waals surface area contributed by atoms with Crippen LogP contribution in [0.25, 0.3) is 5.69 Å². The number of aromatic nitrogens is 2. The number of amides is 1. The van der Waals surface area contributed by atoms with E-state index in [9.17, 15) is 27.6 Å². The highest BCUT2D eigenvalue weighted by atomic mass is 19.4. The first-order valence-corrected chi connectivity index (χ1v) is 12.6. The van der Waals surface area contributed by atoms with Gasteiger partial charge in [-0.25, -0.2) is 9.48 Å². The van der Waals surface area contributed by atoms with E-state index in [-0.39, 0.29) is 48.0 Å². The summed E-state index contributed by atoms with van der Waals surface area (Å²) >= 11 is 0. The lowest BCUT2D eigenvalue weighted by molar-refractivity contribution is -0.151. The first-order valence-electron chi connectivity index (χ1n) is 12.6. The Kier molecular flexibility index (Phi) is 6.08. The number of carbonyl (C=O) groups excluding carboxylic acids is 3. The van der Waals surface area contributed by atoms with Gasteiger partial charge in [0.1, 0.15) is 11.6 Å². The van der Waals surface area contributed by atoms with E-state index < -0.39 is 52.1 Å². The molecule has 5 N–H and O–H groups in total. The molecule has 1 amide bonds. The van der Waals surface area contributed by atoms with Crippen LogP contribution in [-0.4, -0.2) is 45.1 Å². The SMILES string of the molecule is CC1(C)CC(=O)c2c(C(F)(F)F)nn(-c3ccc(C(N)=O)c(NC4CC4(N)C(=O)OC4CCCC4)c3)c2C1. The van der Waals surface area contributed by atoms with Gasteiger partial charge >= 0.3 is 12.1 Å². The molecule has 2 aromatic rings. The predicted octanol–water partition coefficient (Wildman–Crippen LogP) is 3.51. The summed E-state index contributed by atoms with van der Waals surface area (Å²) in [5, 5.41) is 6.86. The second-order valence-corrected chi connectivity index (χ2v) is 11.4. The van der Waals surface area contributed by atoms with E-state index in [1.54, 1.807) is 13.8 Å². The molecule has 0 radical (unpaired) electrons. The van der Waals surface area contributed by atoms with Crippen molar-refractivity contribution in [2.75, 3.05) is 5.32 Å². The number of fused-ring (bicyclic) bond motifs is 1. The minimum absolute atomic E-state index is 0.0284. The van der Waals surface area contributed by atoms with Crippen LogP contribution in [0.3, 0.4) is 0 Å². The van der Waals surface area contributed by atoms with Crippen molar-refractivity contribution in [2.45, 2.75) is 82.7 Å². The zero-order valence-electron chi connectivity index (χ0n) is 21.2. The highest BCUT2D eigenvalue weighted by Crippen LogP contribution is 2.43. The van der Waals surface area contributed by atoms with Gasteiger partial charge in [0.25, 0.3) is 5.91 Å². The smallest absolute Gasteiger partial charge is 0.435 e. The minimum atomic E-state index is -4.83. The lowest BCUT2D eigenvalue weighted by Crippen LogP contribution is -2.42. The molecular weight excluding hydrogens is 503 g/mol. The van der Waals surface area contributed by atoms with Crippen LogP contribution < -0.4 is 16.8 Å². The van der Waals surface area contributed by atoms with Crippen molar-refractivity contribution in [3.63, 3.8) is 0 Å². The Bertz CT molecular complexity index is 1330. The molecule has 204 valence electrons. The second-order valence-electron chi connectivity index (χ2n) is 11.4. The average molecular weight is 534 g/mol. The molecule has 0 saturated heterocycles. The summed E-state index contributed by atoms with van der Waals surface area (Å²) < 4.78 is 48.2. The van der Waals surface area contributed by atoms with Crippen LogP contribution >= 0.6 is 0 Å². The molecule has 1 aromatic heterocycles. The number of rotatable bonds is 6. The number of anilines is 1. The Hall–Kier alpha value is -3.41. The van der Waals surface area contributed by atoms with Gasteiger partial charge in [-0.15, -0.1) is 0 Å². The number of hydrogen-bond donors (Lipinski definition) is 3. The molecule has 12 heteroatoms. The third-order valence-electron chi connectivity index (χ3n) is 7.62. The molecule has 9 nitrogen and oxygen atoms in total. The Morgan fingerprint density at radius 1 is 1.18 bits per heavy atom. The lowest BCUT2D eigenvalue weighted by Gasteiger charge is -2.29. The molecule has 1 heterocycles. The third kappa shape index (κ3) is 4.65. The van der Waals surface area contributed by atoms with Gasteiger partial charge in [0, 0.05) is 18.5 Å². The van der Waals surface area contributed by atoms with E-state index >= 15 is 0 Å². The molecule has 2 unspecified atom stereocenters. The fraction of sp³-hybridized carbons (Fsp3) is 0.538. The summed E-state index contributed by atoms with van der Waals surface area (Å²) in [6.07, 6.45) is -1.01. The van der Waals surface area contributed by atoms with E-state index in [0.717, 1.165) is 30.4 Å². The number of nitrogens with zero attached hydrogens (tertiary/aromatic N) is 2. The number of ketones is 1. The number of esters is 1. The summed E-state index contributed by atoms with van der Waals surface area (Å²) in [7, 11) is 0. The number of hydrogen-bond acceptors (Lipinski definition) is 7. The van der Waals surface area contributed by atoms with Crippen LogP contribution in [0.4, 0.5) is 18.9 Å². The first kappa shape index (κ1) is 26.2. The number of Topliss-reactive ketones (excluding diaryl/α,β-unsaturated/α-hetero) is 1. The summed E-state index contributed by atoms with van der Waals surface area (Å²) in [6, 6.07) is 3.65. The van der Waals surface area contributed by atoms with Gasteiger partial charge in [0.05, 0.1) is 28.6 Å². The Morgan fingerprint density at radius 3 is 2.50 bits per heavy atom. The number of nitrogens with one attached hydrogen (secondary N) is 1. The molecule has 0 aliphatic heterocycles. The van der Waals surface area contributed by atoms with Gasteiger partial charge in [-0.1, -0.05) is 13.8 Å². The van der Waals surface area contributed by atoms with Crippen molar-refractivity contribution >= 4 is 23.3 Å². The Balaban J connectivity index is 1.49. The van der Waals surface area contributed by atoms with E-state index in [1.807, 2.05) is 0 Å². The Labute approximate surface area is 217 Å². The number of alkyl halides is 3. The van der Waals surface area contributed by atoms with Gasteiger partial charge < -0.3 is 21.5 Å². The van der Waals surface area contributed by atoms with Crippen LogP contribution in [0.1, 0.15) is 84.5 Å². The number of primary amides is 1. The summed E-state index contributed by atoms with van der Waals surface area (Å²) in [4.78, 5) is 37.6. The third-order valence-corrected chi connectivity index (χ3v) is 7.62. The molecule has 3 aliphatic carbocycles. The quantitative estimate of drug-likeness (QED) is 0.482. The normalized spacial score (nSPS) is 24.7. The predicted molar refractivity (Wildman–Crippen MR) is 131 cm³/mol. The zero-order chi connectivity index (χ0) is 27.6. The molecule has 2 fully saturated rings. The molecule has 2 saturated carbocycles. The number of halogens is 3. The van der Waals surface area contributed by atoms with Crippen molar-refractivity contribution in [1.82, 2.24) is 9.78 Å². The van der Waals surface area contributed by atoms with Crippen LogP contribution in [0, 0.1) is 5.41 Å². The molecule has 5 rings (SSSR count). The largest absolute Gasteiger partial charge is 0.461 e. The molecule has 0 bridgehead atoms. The topological polar surface area (TPSA) is 142 Å². The van der Waals surface area contributed by atoms with Crippen LogP contribution in [-0.2, 0) is 22.1 Å². The van der Waals surface area contributed by atoms with Crippen molar-refractivity contribution in [3.05, 3.63) is 40.7 Å². The minimum Gasteiger partial charge on any atom is -0.461 e. The molecule has 0 spiro atoms. The Morgan fingerprint density at radius 2 is 1.87 bits per heavy atom. The number of ether oxygens (including phenoxy) is 1.